The van der Waals surface area contributed by atoms with Crippen molar-refractivity contribution in [3.8, 4) is 17.1 Å². The van der Waals surface area contributed by atoms with Crippen molar-refractivity contribution in [3.05, 3.63) is 40.6 Å². The number of aromatic nitrogens is 3. The van der Waals surface area contributed by atoms with Gasteiger partial charge in [0, 0.05) is 28.0 Å². The molecule has 0 unspecified atom stereocenters. The summed E-state index contributed by atoms with van der Waals surface area (Å²) in [6.45, 7) is 1.99. The molecule has 0 saturated carbocycles. The standard InChI is InChI=1S/C14H13BrN4O/c1-8-10(15)4-5-11-18-13(14(16)19(8)11)9-3-6-12(20-2)17-7-9/h3-7H,16H2,1-2H3. The number of hydrogen-bond donors (Lipinski definition) is 1. The topological polar surface area (TPSA) is 65.4 Å². The monoisotopic (exact) mass is 332 g/mol. The summed E-state index contributed by atoms with van der Waals surface area (Å²) in [6.07, 6.45) is 1.71. The Morgan fingerprint density at radius 1 is 1.25 bits per heavy atom. The van der Waals surface area contributed by atoms with Gasteiger partial charge in [-0.15, -0.1) is 0 Å². The highest BCUT2D eigenvalue weighted by molar-refractivity contribution is 9.10. The van der Waals surface area contributed by atoms with Gasteiger partial charge in [-0.3, -0.25) is 4.40 Å². The van der Waals surface area contributed by atoms with E-state index in [1.54, 1.807) is 19.4 Å². The molecule has 0 bridgehead atoms. The molecule has 2 N–H and O–H groups in total. The van der Waals surface area contributed by atoms with Crippen LogP contribution in [0.25, 0.3) is 16.9 Å². The van der Waals surface area contributed by atoms with E-state index in [9.17, 15) is 0 Å². The molecule has 0 aliphatic carbocycles. The number of ether oxygens (including phenoxy) is 1. The molecular formula is C14H13BrN4O. The molecule has 3 aromatic heterocycles. The van der Waals surface area contributed by atoms with Crippen LogP contribution in [-0.2, 0) is 0 Å². The van der Waals surface area contributed by atoms with Crippen molar-refractivity contribution in [2.75, 3.05) is 12.8 Å². The molecule has 3 aromatic rings. The van der Waals surface area contributed by atoms with Gasteiger partial charge >= 0.3 is 0 Å². The lowest BCUT2D eigenvalue weighted by atomic mass is 10.2. The van der Waals surface area contributed by atoms with Crippen LogP contribution in [0.15, 0.2) is 34.9 Å². The van der Waals surface area contributed by atoms with Crippen LogP contribution in [0.3, 0.4) is 0 Å². The number of fused-ring (bicyclic) bond motifs is 1. The Balaban J connectivity index is 2.21. The third-order valence-corrected chi connectivity index (χ3v) is 4.06. The summed E-state index contributed by atoms with van der Waals surface area (Å²) in [5.41, 5.74) is 9.65. The first-order chi connectivity index (χ1) is 9.61. The Hall–Kier alpha value is -2.08. The van der Waals surface area contributed by atoms with Crippen LogP contribution in [-0.4, -0.2) is 21.5 Å². The number of rotatable bonds is 2. The lowest BCUT2D eigenvalue weighted by Gasteiger charge is -2.04. The van der Waals surface area contributed by atoms with Crippen LogP contribution in [0.2, 0.25) is 0 Å². The Labute approximate surface area is 124 Å². The van der Waals surface area contributed by atoms with Gasteiger partial charge in [-0.05, 0) is 41.1 Å². The predicted octanol–water partition coefficient (Wildman–Crippen LogP) is 3.06. The largest absolute Gasteiger partial charge is 0.481 e. The highest BCUT2D eigenvalue weighted by atomic mass is 79.9. The van der Waals surface area contributed by atoms with E-state index in [2.05, 4.69) is 25.9 Å². The molecule has 5 nitrogen and oxygen atoms in total. The third-order valence-electron chi connectivity index (χ3n) is 3.22. The van der Waals surface area contributed by atoms with Gasteiger partial charge in [0.1, 0.15) is 17.2 Å². The van der Waals surface area contributed by atoms with Gasteiger partial charge < -0.3 is 10.5 Å². The quantitative estimate of drug-likeness (QED) is 0.783. The Morgan fingerprint density at radius 2 is 2.05 bits per heavy atom. The minimum absolute atomic E-state index is 0.565. The average molecular weight is 333 g/mol. The van der Waals surface area contributed by atoms with Crippen LogP contribution in [0, 0.1) is 6.92 Å². The fourth-order valence-electron chi connectivity index (χ4n) is 2.14. The highest BCUT2D eigenvalue weighted by Crippen LogP contribution is 2.29. The predicted molar refractivity (Wildman–Crippen MR) is 81.8 cm³/mol. The zero-order valence-electron chi connectivity index (χ0n) is 11.1. The van der Waals surface area contributed by atoms with Crippen molar-refractivity contribution >= 4 is 27.4 Å². The number of nitrogens with two attached hydrogens (primary N) is 1. The fourth-order valence-corrected chi connectivity index (χ4v) is 2.45. The van der Waals surface area contributed by atoms with Gasteiger partial charge in [-0.2, -0.15) is 0 Å². The molecule has 102 valence electrons. The molecular weight excluding hydrogens is 320 g/mol. The molecule has 20 heavy (non-hydrogen) atoms. The minimum atomic E-state index is 0.565. The van der Waals surface area contributed by atoms with Gasteiger partial charge in [0.05, 0.1) is 7.11 Å². The molecule has 0 amide bonds. The number of halogens is 1. The van der Waals surface area contributed by atoms with Crippen LogP contribution in [0.5, 0.6) is 5.88 Å². The van der Waals surface area contributed by atoms with Crippen molar-refractivity contribution in [3.63, 3.8) is 0 Å². The molecule has 0 atom stereocenters. The van der Waals surface area contributed by atoms with Crippen molar-refractivity contribution in [2.45, 2.75) is 6.92 Å². The van der Waals surface area contributed by atoms with E-state index in [4.69, 9.17) is 10.5 Å². The van der Waals surface area contributed by atoms with Gasteiger partial charge in [-0.25, -0.2) is 9.97 Å². The van der Waals surface area contributed by atoms with Crippen LogP contribution >= 0.6 is 15.9 Å². The average Bonchev–Trinajstić information content (AvgIpc) is 2.81. The summed E-state index contributed by atoms with van der Waals surface area (Å²) in [7, 11) is 1.59. The summed E-state index contributed by atoms with van der Waals surface area (Å²) in [6, 6.07) is 7.58. The van der Waals surface area contributed by atoms with Crippen LogP contribution in [0.1, 0.15) is 5.69 Å². The van der Waals surface area contributed by atoms with E-state index >= 15 is 0 Å². The third kappa shape index (κ3) is 1.92. The fraction of sp³-hybridized carbons (Fsp3) is 0.143. The first-order valence-corrected chi connectivity index (χ1v) is 6.84. The maximum Gasteiger partial charge on any atom is 0.212 e. The van der Waals surface area contributed by atoms with Crippen molar-refractivity contribution in [1.82, 2.24) is 14.4 Å². The molecule has 3 rings (SSSR count). The number of hydrogen-bond acceptors (Lipinski definition) is 4. The second kappa shape index (κ2) is 4.79. The first kappa shape index (κ1) is 12.9. The van der Waals surface area contributed by atoms with E-state index in [0.29, 0.717) is 11.7 Å². The molecule has 0 spiro atoms. The number of anilines is 1. The number of methoxy groups -OCH3 is 1. The van der Waals surface area contributed by atoms with Crippen molar-refractivity contribution in [2.24, 2.45) is 0 Å². The normalized spacial score (nSPS) is 10.9. The summed E-state index contributed by atoms with van der Waals surface area (Å²) in [5.74, 6) is 1.17. The minimum Gasteiger partial charge on any atom is -0.481 e. The smallest absolute Gasteiger partial charge is 0.212 e. The second-order valence-corrected chi connectivity index (χ2v) is 5.25. The molecule has 0 aliphatic rings. The van der Waals surface area contributed by atoms with E-state index in [-0.39, 0.29) is 0 Å². The van der Waals surface area contributed by atoms with Gasteiger partial charge in [0.25, 0.3) is 0 Å². The Bertz CT molecular complexity index is 780. The molecule has 3 heterocycles. The molecule has 0 radical (unpaired) electrons. The highest BCUT2D eigenvalue weighted by Gasteiger charge is 2.14. The van der Waals surface area contributed by atoms with Crippen LogP contribution < -0.4 is 10.5 Å². The first-order valence-electron chi connectivity index (χ1n) is 6.05. The summed E-state index contributed by atoms with van der Waals surface area (Å²) >= 11 is 3.50. The zero-order chi connectivity index (χ0) is 14.3. The summed E-state index contributed by atoms with van der Waals surface area (Å²) in [5, 5.41) is 0. The molecule has 0 saturated heterocycles. The maximum absolute atomic E-state index is 6.23. The van der Waals surface area contributed by atoms with E-state index < -0.39 is 0 Å². The zero-order valence-corrected chi connectivity index (χ0v) is 12.7. The van der Waals surface area contributed by atoms with Gasteiger partial charge in [-0.1, -0.05) is 0 Å². The number of nitrogens with zero attached hydrogens (tertiary/aromatic N) is 3. The second-order valence-electron chi connectivity index (χ2n) is 4.40. The lowest BCUT2D eigenvalue weighted by Crippen LogP contribution is -1.98. The number of imidazole rings is 1. The van der Waals surface area contributed by atoms with Crippen LogP contribution in [0.4, 0.5) is 5.82 Å². The Morgan fingerprint density at radius 3 is 2.70 bits per heavy atom. The van der Waals surface area contributed by atoms with Gasteiger partial charge in [0.2, 0.25) is 5.88 Å². The molecule has 0 fully saturated rings. The lowest BCUT2D eigenvalue weighted by molar-refractivity contribution is 0.398. The number of pyridine rings is 2. The SMILES string of the molecule is COc1ccc(-c2nc3ccc(Br)c(C)n3c2N)cn1. The number of aryl methyl sites for hydroxylation is 1. The van der Waals surface area contributed by atoms with Crippen molar-refractivity contribution in [1.29, 1.82) is 0 Å². The summed E-state index contributed by atoms with van der Waals surface area (Å²) in [4.78, 5) is 8.76. The van der Waals surface area contributed by atoms with Gasteiger partial charge in [0.15, 0.2) is 0 Å². The molecule has 6 heteroatoms. The number of nitrogen functional groups attached to an aromatic ring is 1. The maximum atomic E-state index is 6.23. The van der Waals surface area contributed by atoms with E-state index in [0.717, 1.165) is 27.1 Å². The molecule has 0 aromatic carbocycles. The van der Waals surface area contributed by atoms with E-state index in [1.807, 2.05) is 29.5 Å². The van der Waals surface area contributed by atoms with Crippen molar-refractivity contribution < 1.29 is 4.74 Å². The Kier molecular flexibility index (Phi) is 3.10. The van der Waals surface area contributed by atoms with E-state index in [1.165, 1.54) is 0 Å². The summed E-state index contributed by atoms with van der Waals surface area (Å²) < 4.78 is 7.97. The molecule has 0 aliphatic heterocycles.